The maximum Gasteiger partial charge on any atom is 0.316 e. The molecule has 1 aromatic heterocycles. The zero-order chi connectivity index (χ0) is 20.8. The fourth-order valence-electron chi connectivity index (χ4n) is 4.80. The molecule has 3 saturated carbocycles. The molecule has 0 unspecified atom stereocenters. The summed E-state index contributed by atoms with van der Waals surface area (Å²) in [7, 11) is 0. The first-order valence-electron chi connectivity index (χ1n) is 10.0. The zero-order valence-corrected chi connectivity index (χ0v) is 17.4. The monoisotopic (exact) mass is 423 g/mol. The molecule has 2 bridgehead atoms. The molecule has 3 aliphatic carbocycles. The largest absolute Gasteiger partial charge is 0.486 e. The number of ether oxygens (including phenoxy) is 1. The molecule has 6 nitrogen and oxygen atoms in total. The van der Waals surface area contributed by atoms with E-state index in [0.717, 1.165) is 30.6 Å². The number of aromatic nitrogens is 2. The molecule has 3 aromatic rings. The molecule has 1 heterocycles. The highest BCUT2D eigenvalue weighted by Crippen LogP contribution is 2.70. The van der Waals surface area contributed by atoms with Crippen molar-refractivity contribution < 1.29 is 13.9 Å². The van der Waals surface area contributed by atoms with Gasteiger partial charge in [0, 0.05) is 22.5 Å². The number of carbonyl (C=O) groups is 1. The summed E-state index contributed by atoms with van der Waals surface area (Å²) < 4.78 is 11.4. The standard InChI is InChI=1S/C23H22ClN3O3/c1-15-2-8-19(9-3-15)29-11-18(28)10-22-12-23(13-22,14-22)25-21-27-26-20(30-21)16-4-6-17(24)7-5-16/h2-9H,10-14H2,1H3,(H,25,27). The summed E-state index contributed by atoms with van der Waals surface area (Å²) in [5.41, 5.74) is 2.07. The van der Waals surface area contributed by atoms with Crippen LogP contribution in [0.3, 0.4) is 0 Å². The second-order valence-electron chi connectivity index (χ2n) is 8.67. The Morgan fingerprint density at radius 2 is 1.80 bits per heavy atom. The van der Waals surface area contributed by atoms with E-state index in [9.17, 15) is 4.79 Å². The van der Waals surface area contributed by atoms with E-state index in [4.69, 9.17) is 20.8 Å². The highest BCUT2D eigenvalue weighted by molar-refractivity contribution is 6.30. The fraction of sp³-hybridized carbons (Fsp3) is 0.348. The number of hydrogen-bond donors (Lipinski definition) is 1. The highest BCUT2D eigenvalue weighted by Gasteiger charge is 2.68. The van der Waals surface area contributed by atoms with Crippen molar-refractivity contribution in [1.29, 1.82) is 0 Å². The average molecular weight is 424 g/mol. The second-order valence-corrected chi connectivity index (χ2v) is 9.11. The molecule has 154 valence electrons. The Morgan fingerprint density at radius 3 is 2.50 bits per heavy atom. The van der Waals surface area contributed by atoms with Gasteiger partial charge >= 0.3 is 6.01 Å². The first-order valence-corrected chi connectivity index (χ1v) is 10.4. The number of nitrogens with zero attached hydrogens (tertiary/aromatic N) is 2. The number of hydrogen-bond acceptors (Lipinski definition) is 6. The maximum atomic E-state index is 12.4. The minimum atomic E-state index is -0.0259. The molecule has 0 aliphatic heterocycles. The lowest BCUT2D eigenvalue weighted by atomic mass is 9.38. The van der Waals surface area contributed by atoms with E-state index in [1.54, 1.807) is 12.1 Å². The van der Waals surface area contributed by atoms with Crippen molar-refractivity contribution in [3.63, 3.8) is 0 Å². The Labute approximate surface area is 179 Å². The molecule has 2 aromatic carbocycles. The molecule has 0 radical (unpaired) electrons. The van der Waals surface area contributed by atoms with Crippen LogP contribution in [0.25, 0.3) is 11.5 Å². The van der Waals surface area contributed by atoms with Crippen molar-refractivity contribution in [3.8, 4) is 17.2 Å². The Bertz CT molecular complexity index is 1060. The minimum absolute atomic E-state index is 0.0259. The van der Waals surface area contributed by atoms with Gasteiger partial charge in [-0.2, -0.15) is 0 Å². The van der Waals surface area contributed by atoms with Crippen LogP contribution in [0.15, 0.2) is 52.9 Å². The summed E-state index contributed by atoms with van der Waals surface area (Å²) in [5.74, 6) is 1.34. The molecule has 0 amide bonds. The molecule has 7 heteroatoms. The molecule has 0 spiro atoms. The van der Waals surface area contributed by atoms with Gasteiger partial charge in [0.2, 0.25) is 5.89 Å². The van der Waals surface area contributed by atoms with E-state index < -0.39 is 0 Å². The van der Waals surface area contributed by atoms with Crippen molar-refractivity contribution >= 4 is 23.4 Å². The summed E-state index contributed by atoms with van der Waals surface area (Å²) in [6, 6.07) is 15.4. The van der Waals surface area contributed by atoms with E-state index in [0.29, 0.717) is 23.3 Å². The molecular formula is C23H22ClN3O3. The Kier molecular flexibility index (Phi) is 4.54. The van der Waals surface area contributed by atoms with Crippen LogP contribution in [0.2, 0.25) is 5.02 Å². The predicted molar refractivity (Wildman–Crippen MR) is 114 cm³/mol. The van der Waals surface area contributed by atoms with Gasteiger partial charge in [0.1, 0.15) is 12.4 Å². The minimum Gasteiger partial charge on any atom is -0.486 e. The summed E-state index contributed by atoms with van der Waals surface area (Å²) in [4.78, 5) is 12.4. The van der Waals surface area contributed by atoms with Crippen LogP contribution < -0.4 is 10.1 Å². The second kappa shape index (κ2) is 7.13. The lowest BCUT2D eigenvalue weighted by Crippen LogP contribution is -2.71. The number of ketones is 1. The number of carbonyl (C=O) groups excluding carboxylic acids is 1. The Morgan fingerprint density at radius 1 is 1.10 bits per heavy atom. The van der Waals surface area contributed by atoms with E-state index >= 15 is 0 Å². The van der Waals surface area contributed by atoms with Crippen LogP contribution in [-0.2, 0) is 4.79 Å². The van der Waals surface area contributed by atoms with E-state index in [1.807, 2.05) is 43.3 Å². The summed E-state index contributed by atoms with van der Waals surface area (Å²) in [5, 5.41) is 12.3. The van der Waals surface area contributed by atoms with Crippen LogP contribution in [0.5, 0.6) is 5.75 Å². The Balaban J connectivity index is 1.11. The molecule has 1 N–H and O–H groups in total. The van der Waals surface area contributed by atoms with Crippen LogP contribution in [-0.4, -0.2) is 28.1 Å². The van der Waals surface area contributed by atoms with Crippen LogP contribution in [0.4, 0.5) is 6.01 Å². The number of halogens is 1. The number of benzene rings is 2. The highest BCUT2D eigenvalue weighted by atomic mass is 35.5. The molecule has 3 fully saturated rings. The van der Waals surface area contributed by atoms with Crippen molar-refractivity contribution in [2.45, 2.75) is 38.1 Å². The van der Waals surface area contributed by atoms with Crippen LogP contribution in [0.1, 0.15) is 31.2 Å². The number of Topliss-reactive ketones (excluding diaryl/α,β-unsaturated/α-hetero) is 1. The normalized spacial score (nSPS) is 23.9. The van der Waals surface area contributed by atoms with Gasteiger partial charge in [-0.1, -0.05) is 34.4 Å². The number of aryl methyl sites for hydroxylation is 1. The lowest BCUT2D eigenvalue weighted by molar-refractivity contribution is -0.147. The molecular weight excluding hydrogens is 402 g/mol. The van der Waals surface area contributed by atoms with Crippen molar-refractivity contribution in [1.82, 2.24) is 10.2 Å². The van der Waals surface area contributed by atoms with E-state index in [-0.39, 0.29) is 23.3 Å². The quantitative estimate of drug-likeness (QED) is 0.545. The number of nitrogens with one attached hydrogen (secondary N) is 1. The number of rotatable bonds is 8. The number of anilines is 1. The van der Waals surface area contributed by atoms with Crippen LogP contribution in [0, 0.1) is 12.3 Å². The van der Waals surface area contributed by atoms with Gasteiger partial charge in [0.05, 0.1) is 0 Å². The van der Waals surface area contributed by atoms with Crippen molar-refractivity contribution in [3.05, 3.63) is 59.1 Å². The third kappa shape index (κ3) is 3.67. The molecule has 0 atom stereocenters. The zero-order valence-electron chi connectivity index (χ0n) is 16.7. The summed E-state index contributed by atoms with van der Waals surface area (Å²) in [6.07, 6.45) is 3.38. The SMILES string of the molecule is Cc1ccc(OCC(=O)CC23CC(Nc4nnc(-c5ccc(Cl)cc5)o4)(C2)C3)cc1. The van der Waals surface area contributed by atoms with Crippen molar-refractivity contribution in [2.24, 2.45) is 5.41 Å². The van der Waals surface area contributed by atoms with Gasteiger partial charge in [-0.25, -0.2) is 0 Å². The van der Waals surface area contributed by atoms with Gasteiger partial charge in [-0.15, -0.1) is 5.10 Å². The maximum absolute atomic E-state index is 12.4. The third-order valence-corrected chi connectivity index (χ3v) is 6.27. The van der Waals surface area contributed by atoms with E-state index in [2.05, 4.69) is 15.5 Å². The van der Waals surface area contributed by atoms with Gasteiger partial charge in [0.25, 0.3) is 0 Å². The predicted octanol–water partition coefficient (Wildman–Crippen LogP) is 5.07. The van der Waals surface area contributed by atoms with Gasteiger partial charge in [-0.3, -0.25) is 4.79 Å². The molecule has 0 saturated heterocycles. The third-order valence-electron chi connectivity index (χ3n) is 6.02. The molecule has 30 heavy (non-hydrogen) atoms. The van der Waals surface area contributed by atoms with Crippen LogP contribution >= 0.6 is 11.6 Å². The topological polar surface area (TPSA) is 77.2 Å². The van der Waals surface area contributed by atoms with E-state index in [1.165, 1.54) is 5.56 Å². The molecule has 6 rings (SSSR count). The fourth-order valence-corrected chi connectivity index (χ4v) is 4.92. The van der Waals surface area contributed by atoms with Crippen molar-refractivity contribution in [2.75, 3.05) is 11.9 Å². The first-order chi connectivity index (χ1) is 14.4. The average Bonchev–Trinajstić information content (AvgIpc) is 3.14. The lowest BCUT2D eigenvalue weighted by Gasteiger charge is -2.70. The Hall–Kier alpha value is -2.86. The first kappa shape index (κ1) is 19.1. The smallest absolute Gasteiger partial charge is 0.316 e. The summed E-state index contributed by atoms with van der Waals surface area (Å²) >= 11 is 5.92. The summed E-state index contributed by atoms with van der Waals surface area (Å²) in [6.45, 7) is 2.15. The molecule has 3 aliphatic rings. The van der Waals surface area contributed by atoms with Gasteiger partial charge in [-0.05, 0) is 68.0 Å². The van der Waals surface area contributed by atoms with Gasteiger partial charge < -0.3 is 14.5 Å². The van der Waals surface area contributed by atoms with Gasteiger partial charge in [0.15, 0.2) is 5.78 Å².